The monoisotopic (exact) mass is 929 g/mol. The Kier molecular flexibility index (Phi) is 1.67. The van der Waals surface area contributed by atoms with E-state index in [-0.39, 0.29) is 0 Å². The van der Waals surface area contributed by atoms with Gasteiger partial charge in [-0.25, -0.2) is 0 Å². The van der Waals surface area contributed by atoms with E-state index in [1.54, 1.807) is 0 Å². The van der Waals surface area contributed by atoms with Crippen molar-refractivity contribution in [1.29, 1.82) is 0 Å². The van der Waals surface area contributed by atoms with Gasteiger partial charge in [-0.3, -0.25) is 0 Å². The molecule has 28 spiro atoms. The summed E-state index contributed by atoms with van der Waals surface area (Å²) in [4.78, 5) is 0. The van der Waals surface area contributed by atoms with E-state index >= 15 is 0 Å². The van der Waals surface area contributed by atoms with E-state index in [0.29, 0.717) is 75.8 Å². The van der Waals surface area contributed by atoms with Crippen molar-refractivity contribution in [2.45, 2.75) is 117 Å². The van der Waals surface area contributed by atoms with Crippen molar-refractivity contribution in [2.75, 3.05) is 0 Å². The maximum atomic E-state index is 3.41. The van der Waals surface area contributed by atoms with E-state index in [4.69, 9.17) is 0 Å². The third kappa shape index (κ3) is 0.599. The molecule has 0 aromatic carbocycles. The van der Waals surface area contributed by atoms with Gasteiger partial charge in [0.2, 0.25) is 0 Å². The average Bonchev–Trinajstić information content (AvgIpc) is 3.56. The van der Waals surface area contributed by atoms with Crippen LogP contribution in [0.1, 0.15) is 117 Å². The van der Waals surface area contributed by atoms with E-state index in [1.165, 1.54) is 71.0 Å². The lowest BCUT2D eigenvalue weighted by atomic mass is 8.34. The fraction of sp³-hybridized carbons (Fsp3) is 1.00. The van der Waals surface area contributed by atoms with Gasteiger partial charge >= 0.3 is 0 Å². The summed E-state index contributed by atoms with van der Waals surface area (Å²) in [7, 11) is 0. The van der Waals surface area contributed by atoms with Crippen LogP contribution in [0.4, 0.5) is 0 Å². The highest BCUT2D eigenvalue weighted by atomic mass is 15.8. The number of rotatable bonds is 0. The van der Waals surface area contributed by atoms with Gasteiger partial charge in [-0.05, 0) is 311 Å². The molecule has 16 unspecified atom stereocenters. The maximum Gasteiger partial charge on any atom is -0.0000817 e. The Balaban J connectivity index is 0.792. The molecule has 41 aliphatic carbocycles. The fourth-order valence-corrected chi connectivity index (χ4v) is 74.4. The van der Waals surface area contributed by atoms with Crippen LogP contribution in [-0.2, 0) is 0 Å². The summed E-state index contributed by atoms with van der Waals surface area (Å²) in [6.07, 6.45) is 1.83. The van der Waals surface area contributed by atoms with E-state index in [9.17, 15) is 0 Å². The Bertz CT molecular complexity index is 4720. The molecule has 72 heavy (non-hydrogen) atoms. The maximum absolute atomic E-state index is 3.41. The van der Waals surface area contributed by atoms with Crippen molar-refractivity contribution in [2.24, 2.45) is 305 Å². The van der Waals surface area contributed by atoms with Gasteiger partial charge in [0.1, 0.15) is 0 Å². The topological polar surface area (TPSA) is 0 Å². The summed E-state index contributed by atoms with van der Waals surface area (Å²) < 4.78 is 0. The second-order valence-corrected chi connectivity index (χ2v) is 45.3. The summed E-state index contributed by atoms with van der Waals surface area (Å²) in [5.41, 5.74) is 32.3. The van der Waals surface area contributed by atoms with Gasteiger partial charge in [-0.2, -0.15) is 0 Å². The second-order valence-electron chi connectivity index (χ2n) is 45.3. The standard InChI is InChI=1S/C72H64/c1-18-22-26-24-20-17-21-25-28-29-27-23-19(2)34(6)38(10)39(11)35(7)32(3,4)36(8)40(12)43(15)44(16)42(14)41(13)37(9)33(18,5)48(22)51(26)46(24)30-47-31-56-52(28,50(25,47)45(20,21)46)54(29)53(27)49(23,34)60(38)62(39)58(35,36)63(40)66(43)65(44)61(42)57(31,67(47)55(30,51)59(37,48)64(41,61)67)69(56,65)72(66)68(54,56)70(53,60)71(62,63)72/h18-31H,17H2,1-16H3/t18-,19?,20+,21?,22-,23?,24+,25?,26-,27?,28?,29?,30?,31+,33?,34-,35+,36+,37-,38-,39+,40+,41-,42-,43+,44-,45?,46?,47?,48?,49-,50?,51?,52?,53-,54+,55-,56-,57+,58+,59+,60-,61-,62+,63+,64-,65-,66+,67+,68+,69-,70-,71+,72-/m0/s1. The molecule has 41 fully saturated rings. The summed E-state index contributed by atoms with van der Waals surface area (Å²) in [5, 5.41) is 0. The summed E-state index contributed by atoms with van der Waals surface area (Å²) in [5.74, 6) is 17.5. The van der Waals surface area contributed by atoms with Crippen LogP contribution in [0.15, 0.2) is 0 Å². The zero-order valence-electron chi connectivity index (χ0n) is 45.3. The molecule has 0 radical (unpaired) electrons. The first-order valence-electron chi connectivity index (χ1n) is 34.0. The molecule has 41 aliphatic rings. The van der Waals surface area contributed by atoms with Gasteiger partial charge in [0.05, 0.1) is 0 Å². The third-order valence-corrected chi connectivity index (χ3v) is 61.0. The van der Waals surface area contributed by atoms with Crippen LogP contribution < -0.4 is 0 Å². The van der Waals surface area contributed by atoms with Crippen LogP contribution in [0.25, 0.3) is 0 Å². The Morgan fingerprint density at radius 3 is 1.39 bits per heavy atom. The lowest BCUT2D eigenvalue weighted by Crippen LogP contribution is -3.67. The van der Waals surface area contributed by atoms with Crippen molar-refractivity contribution in [3.05, 3.63) is 0 Å². The minimum absolute atomic E-state index is 0.433. The molecule has 0 N–H and O–H groups in total. The van der Waals surface area contributed by atoms with Crippen molar-refractivity contribution in [3.8, 4) is 0 Å². The summed E-state index contributed by atoms with van der Waals surface area (Å²) in [6.45, 7) is 51.8. The van der Waals surface area contributed by atoms with Crippen molar-refractivity contribution < 1.29 is 0 Å². The Labute approximate surface area is 419 Å². The SMILES string of the molecule is CC1C2C3C4C5C6C7C[C@@H]8[C@@H]9[C@@H]%10[C@@H]%11[C@H](C)C%12(C)C%11%13C%10%11C9%10C9C%14%15[C@@H]%16[C@@]%17%18C5(C6%14C78%10)[C@@]45[C@@]34[C@@]23[C@]1(C)[C@@]1(C)[C@@]2(C)[C@@]6(C)C(C)(C)[C@]7(C)[C@]8(C)[C@]%10(C)[C@]%14(C)[C@]%19(C)[C@]%20(C)[C@@]%12(C)[C@]%13%12[C@]9%11[C@@]%159[C@@]%16%11[C@]%17%13[C@@]%14([C@@]%19%11[C@]%20%129)[C@]%109[C@]8%10[C@]67[C@@]26[C@]13[C@]41[C@@]5%18[C@]%139[C@]6%101. The molecule has 0 heteroatoms. The first kappa shape index (κ1) is 28.9. The number of hydrogen-bond acceptors (Lipinski definition) is 0. The Morgan fingerprint density at radius 2 is 0.681 bits per heavy atom. The second kappa shape index (κ2) is 4.17. The van der Waals surface area contributed by atoms with Gasteiger partial charge in [0.15, 0.2) is 0 Å². The van der Waals surface area contributed by atoms with Crippen LogP contribution in [0.3, 0.4) is 0 Å². The van der Waals surface area contributed by atoms with Gasteiger partial charge in [0, 0.05) is 0 Å². The third-order valence-electron chi connectivity index (χ3n) is 61.0. The average molecular weight is 929 g/mol. The Morgan fingerprint density at radius 1 is 0.236 bits per heavy atom. The zero-order valence-corrected chi connectivity index (χ0v) is 45.3. The minimum Gasteiger partial charge on any atom is -0.0616 e. The highest BCUT2D eigenvalue weighted by Crippen LogP contribution is 3.75. The minimum atomic E-state index is 0.433. The van der Waals surface area contributed by atoms with Crippen LogP contribution in [0.2, 0.25) is 0 Å². The fourth-order valence-electron chi connectivity index (χ4n) is 74.4. The predicted octanol–water partition coefficient (Wildman–Crippen LogP) is 10.3. The molecule has 0 aromatic rings. The van der Waals surface area contributed by atoms with E-state index in [1.807, 2.05) is 6.42 Å². The molecule has 0 aromatic heterocycles. The molecular formula is C72H64. The quantitative estimate of drug-likeness (QED) is 0.227. The number of fused-ring (bicyclic) bond motifs is 18. The van der Waals surface area contributed by atoms with Gasteiger partial charge in [-0.15, -0.1) is 0 Å². The molecule has 352 valence electrons. The molecule has 0 heterocycles. The highest BCUT2D eigenvalue weighted by molar-refractivity contribution is 6.18. The van der Waals surface area contributed by atoms with Crippen LogP contribution >= 0.6 is 0 Å². The van der Waals surface area contributed by atoms with Crippen LogP contribution in [0, 0.1) is 305 Å². The molecule has 0 amide bonds. The summed E-state index contributed by atoms with van der Waals surface area (Å²) >= 11 is 0. The molecule has 41 rings (SSSR count). The van der Waals surface area contributed by atoms with Crippen molar-refractivity contribution >= 4 is 0 Å². The van der Waals surface area contributed by atoms with E-state index in [2.05, 4.69) is 111 Å². The molecule has 0 nitrogen and oxygen atoms in total. The molecule has 0 bridgehead atoms. The lowest BCUT2D eigenvalue weighted by Gasteiger charge is -3.67. The zero-order chi connectivity index (χ0) is 45.3. The van der Waals surface area contributed by atoms with Gasteiger partial charge in [-0.1, -0.05) is 111 Å². The van der Waals surface area contributed by atoms with Crippen molar-refractivity contribution in [3.63, 3.8) is 0 Å². The van der Waals surface area contributed by atoms with Crippen LogP contribution in [0.5, 0.6) is 0 Å². The molecule has 41 saturated carbocycles. The molecule has 0 saturated heterocycles. The smallest absolute Gasteiger partial charge is 0.0000817 e. The van der Waals surface area contributed by atoms with Gasteiger partial charge < -0.3 is 0 Å². The first-order chi connectivity index (χ1) is 34.0. The van der Waals surface area contributed by atoms with E-state index in [0.717, 1.165) is 158 Å². The Hall–Kier alpha value is 0. The number of hydrogen-bond donors (Lipinski definition) is 0. The van der Waals surface area contributed by atoms with Crippen LogP contribution in [-0.4, -0.2) is 0 Å². The summed E-state index contributed by atoms with van der Waals surface area (Å²) in [6, 6.07) is 0. The lowest BCUT2D eigenvalue weighted by molar-refractivity contribution is -1.23. The van der Waals surface area contributed by atoms with Gasteiger partial charge in [0.25, 0.3) is 0 Å². The normalized spacial score (nSPS) is 130. The first-order valence-corrected chi connectivity index (χ1v) is 34.0. The molecule has 54 atom stereocenters. The predicted molar refractivity (Wildman–Crippen MR) is 244 cm³/mol. The largest absolute Gasteiger partial charge is 0.0616 e. The van der Waals surface area contributed by atoms with Crippen molar-refractivity contribution in [1.82, 2.24) is 0 Å². The van der Waals surface area contributed by atoms with E-state index < -0.39 is 0 Å². The molecular weight excluding hydrogens is 865 g/mol. The molecule has 0 aliphatic heterocycles. The highest BCUT2D eigenvalue weighted by Gasteiger charge is 3.74.